The third kappa shape index (κ3) is 2.88. The quantitative estimate of drug-likeness (QED) is 0.489. The van der Waals surface area contributed by atoms with Crippen LogP contribution in [0.5, 0.6) is 0 Å². The molecule has 0 aliphatic heterocycles. The van der Waals surface area contributed by atoms with Crippen LogP contribution in [0.15, 0.2) is 76.7 Å². The molecule has 4 heterocycles. The van der Waals surface area contributed by atoms with Crippen LogP contribution >= 0.6 is 11.6 Å². The van der Waals surface area contributed by atoms with Crippen molar-refractivity contribution in [3.63, 3.8) is 0 Å². The number of nitrogens with one attached hydrogen (secondary N) is 1. The van der Waals surface area contributed by atoms with Crippen molar-refractivity contribution < 1.29 is 0 Å². The lowest BCUT2D eigenvalue weighted by atomic mass is 10.1. The van der Waals surface area contributed by atoms with Crippen LogP contribution in [0.4, 0.5) is 0 Å². The summed E-state index contributed by atoms with van der Waals surface area (Å²) in [5, 5.41) is 1.25. The molecule has 0 atom stereocenters. The molecule has 5 aromatic rings. The first-order chi connectivity index (χ1) is 14.1. The highest BCUT2D eigenvalue weighted by Gasteiger charge is 2.17. The number of aromatic nitrogens is 5. The molecule has 0 spiro atoms. The Morgan fingerprint density at radius 3 is 2.72 bits per heavy atom. The van der Waals surface area contributed by atoms with Crippen molar-refractivity contribution in [2.24, 2.45) is 0 Å². The lowest BCUT2D eigenvalue weighted by molar-refractivity contribution is 0.938. The molecule has 0 radical (unpaired) electrons. The predicted molar refractivity (Wildman–Crippen MR) is 112 cm³/mol. The summed E-state index contributed by atoms with van der Waals surface area (Å²) >= 11 is 6.44. The summed E-state index contributed by atoms with van der Waals surface area (Å²) in [6.07, 6.45) is 4.76. The normalized spacial score (nSPS) is 11.2. The van der Waals surface area contributed by atoms with Crippen molar-refractivity contribution in [2.45, 2.75) is 0 Å². The molecule has 5 rings (SSSR count). The van der Waals surface area contributed by atoms with Gasteiger partial charge in [-0.3, -0.25) is 19.1 Å². The Morgan fingerprint density at radius 1 is 0.966 bits per heavy atom. The van der Waals surface area contributed by atoms with Gasteiger partial charge in [0, 0.05) is 41.7 Å². The Balaban J connectivity index is 1.91. The number of pyridine rings is 3. The Labute approximate surface area is 168 Å². The maximum absolute atomic E-state index is 12.5. The van der Waals surface area contributed by atoms with Gasteiger partial charge in [0.1, 0.15) is 5.69 Å². The van der Waals surface area contributed by atoms with Crippen LogP contribution in [0.1, 0.15) is 0 Å². The lowest BCUT2D eigenvalue weighted by Crippen LogP contribution is -2.19. The number of nitrogens with zero attached hydrogens (tertiary/aromatic N) is 4. The molecule has 0 amide bonds. The van der Waals surface area contributed by atoms with Gasteiger partial charge >= 0.3 is 0 Å². The highest BCUT2D eigenvalue weighted by Crippen LogP contribution is 2.31. The van der Waals surface area contributed by atoms with E-state index in [1.54, 1.807) is 30.6 Å². The maximum atomic E-state index is 12.5. The molecule has 1 N–H and O–H groups in total. The van der Waals surface area contributed by atoms with E-state index < -0.39 is 0 Å². The summed E-state index contributed by atoms with van der Waals surface area (Å²) in [5.74, 6) is 0.296. The predicted octanol–water partition coefficient (Wildman–Crippen LogP) is 3.34. The fourth-order valence-corrected chi connectivity index (χ4v) is 3.50. The smallest absolute Gasteiger partial charge is 0.256 e. The standard InChI is InChI=1S/C21H12ClN5O2/c22-14-11-13(10-12-4-3-7-23-17(12)14)18-21(27-9-2-1-5-16(27)29)26-20-19(25-18)15(28)6-8-24-20/h1-11H,(H,24,26,28). The van der Waals surface area contributed by atoms with E-state index in [2.05, 4.69) is 19.9 Å². The zero-order chi connectivity index (χ0) is 20.0. The summed E-state index contributed by atoms with van der Waals surface area (Å²) in [5.41, 5.74) is 1.58. The van der Waals surface area contributed by atoms with Crippen LogP contribution in [0.2, 0.25) is 5.02 Å². The molecule has 0 saturated carbocycles. The van der Waals surface area contributed by atoms with E-state index in [0.717, 1.165) is 5.39 Å². The molecular weight excluding hydrogens is 390 g/mol. The fourth-order valence-electron chi connectivity index (χ4n) is 3.22. The van der Waals surface area contributed by atoms with Gasteiger partial charge in [-0.05, 0) is 24.3 Å². The number of fused-ring (bicyclic) bond motifs is 2. The molecule has 0 saturated heterocycles. The first kappa shape index (κ1) is 17.3. The van der Waals surface area contributed by atoms with Gasteiger partial charge in [-0.25, -0.2) is 9.97 Å². The molecule has 0 unspecified atom stereocenters. The van der Waals surface area contributed by atoms with Crippen LogP contribution in [0.25, 0.3) is 39.1 Å². The highest BCUT2D eigenvalue weighted by molar-refractivity contribution is 6.35. The molecule has 0 aliphatic rings. The minimum absolute atomic E-state index is 0.178. The fraction of sp³-hybridized carbons (Fsp3) is 0. The second-order valence-corrected chi connectivity index (χ2v) is 6.78. The number of rotatable bonds is 2. The summed E-state index contributed by atoms with van der Waals surface area (Å²) in [4.78, 5) is 41.1. The largest absolute Gasteiger partial charge is 0.345 e. The van der Waals surface area contributed by atoms with E-state index in [4.69, 9.17) is 11.6 Å². The zero-order valence-corrected chi connectivity index (χ0v) is 15.6. The van der Waals surface area contributed by atoms with E-state index in [0.29, 0.717) is 33.3 Å². The molecule has 29 heavy (non-hydrogen) atoms. The van der Waals surface area contributed by atoms with Crippen molar-refractivity contribution in [3.05, 3.63) is 92.7 Å². The van der Waals surface area contributed by atoms with Gasteiger partial charge in [0.2, 0.25) is 5.43 Å². The van der Waals surface area contributed by atoms with Crippen LogP contribution in [-0.4, -0.2) is 24.5 Å². The number of benzene rings is 1. The van der Waals surface area contributed by atoms with Crippen molar-refractivity contribution in [3.8, 4) is 17.1 Å². The number of hydrogen-bond donors (Lipinski definition) is 1. The molecule has 140 valence electrons. The Hall–Kier alpha value is -3.84. The van der Waals surface area contributed by atoms with Crippen LogP contribution in [-0.2, 0) is 0 Å². The minimum Gasteiger partial charge on any atom is -0.345 e. The van der Waals surface area contributed by atoms with Crippen LogP contribution in [0, 0.1) is 0 Å². The van der Waals surface area contributed by atoms with Crippen molar-refractivity contribution in [2.75, 3.05) is 0 Å². The zero-order valence-electron chi connectivity index (χ0n) is 14.8. The molecule has 4 aromatic heterocycles. The number of H-pyrrole nitrogens is 1. The van der Waals surface area contributed by atoms with E-state index in [9.17, 15) is 9.59 Å². The van der Waals surface area contributed by atoms with E-state index >= 15 is 0 Å². The second kappa shape index (κ2) is 6.65. The Bertz CT molecular complexity index is 1520. The molecule has 8 heteroatoms. The number of hydrogen-bond acceptors (Lipinski definition) is 5. The SMILES string of the molecule is O=c1cc[nH]c2nc(-n3ccccc3=O)c(-c3cc(Cl)c4ncccc4c3)nc12. The Kier molecular flexibility index (Phi) is 3.96. The monoisotopic (exact) mass is 401 g/mol. The minimum atomic E-state index is -0.270. The lowest BCUT2D eigenvalue weighted by Gasteiger charge is -2.12. The van der Waals surface area contributed by atoms with Gasteiger partial charge in [-0.2, -0.15) is 0 Å². The third-order valence-corrected chi connectivity index (χ3v) is 4.84. The van der Waals surface area contributed by atoms with E-state index in [1.807, 2.05) is 18.2 Å². The molecule has 0 bridgehead atoms. The molecule has 0 fully saturated rings. The first-order valence-corrected chi connectivity index (χ1v) is 9.12. The third-order valence-electron chi connectivity index (χ3n) is 4.55. The maximum Gasteiger partial charge on any atom is 0.256 e. The second-order valence-electron chi connectivity index (χ2n) is 6.38. The van der Waals surface area contributed by atoms with Crippen molar-refractivity contribution >= 4 is 33.7 Å². The molecule has 1 aromatic carbocycles. The first-order valence-electron chi connectivity index (χ1n) is 8.74. The average Bonchev–Trinajstić information content (AvgIpc) is 2.74. The van der Waals surface area contributed by atoms with Crippen molar-refractivity contribution in [1.82, 2.24) is 24.5 Å². The van der Waals surface area contributed by atoms with Gasteiger partial charge in [0.15, 0.2) is 17.0 Å². The van der Waals surface area contributed by atoms with E-state index in [1.165, 1.54) is 22.9 Å². The number of aromatic amines is 1. The highest BCUT2D eigenvalue weighted by atomic mass is 35.5. The van der Waals surface area contributed by atoms with Gasteiger partial charge in [-0.15, -0.1) is 0 Å². The van der Waals surface area contributed by atoms with Gasteiger partial charge in [0.25, 0.3) is 5.56 Å². The van der Waals surface area contributed by atoms with Gasteiger partial charge in [-0.1, -0.05) is 23.7 Å². The summed E-state index contributed by atoms with van der Waals surface area (Å²) in [6.45, 7) is 0. The number of halogens is 1. The van der Waals surface area contributed by atoms with Gasteiger partial charge in [0.05, 0.1) is 10.5 Å². The molecule has 7 nitrogen and oxygen atoms in total. The van der Waals surface area contributed by atoms with Gasteiger partial charge < -0.3 is 4.98 Å². The molecular formula is C21H12ClN5O2. The van der Waals surface area contributed by atoms with E-state index in [-0.39, 0.29) is 16.5 Å². The summed E-state index contributed by atoms with van der Waals surface area (Å²) in [6, 6.07) is 13.4. The summed E-state index contributed by atoms with van der Waals surface area (Å²) < 4.78 is 1.38. The average molecular weight is 402 g/mol. The summed E-state index contributed by atoms with van der Waals surface area (Å²) in [7, 11) is 0. The van der Waals surface area contributed by atoms with Crippen LogP contribution in [0.3, 0.4) is 0 Å². The Morgan fingerprint density at radius 2 is 1.86 bits per heavy atom. The van der Waals surface area contributed by atoms with Crippen molar-refractivity contribution in [1.29, 1.82) is 0 Å². The molecule has 0 aliphatic carbocycles. The topological polar surface area (TPSA) is 93.5 Å². The van der Waals surface area contributed by atoms with Crippen LogP contribution < -0.4 is 11.0 Å².